The molecule has 2 aromatic heterocycles. The minimum atomic E-state index is -0.374. The van der Waals surface area contributed by atoms with E-state index < -0.39 is 0 Å². The molecule has 0 aromatic carbocycles. The zero-order valence-electron chi connectivity index (χ0n) is 11.2. The average molecular weight is 276 g/mol. The van der Waals surface area contributed by atoms with Crippen molar-refractivity contribution in [2.24, 2.45) is 0 Å². The van der Waals surface area contributed by atoms with Gasteiger partial charge in [-0.25, -0.2) is 9.37 Å². The molecule has 0 saturated carbocycles. The summed E-state index contributed by atoms with van der Waals surface area (Å²) in [6.07, 6.45) is 6.66. The van der Waals surface area contributed by atoms with Gasteiger partial charge in [0.1, 0.15) is 11.5 Å². The molecule has 5 nitrogen and oxygen atoms in total. The van der Waals surface area contributed by atoms with Gasteiger partial charge in [-0.1, -0.05) is 11.6 Å². The highest BCUT2D eigenvalue weighted by atomic mass is 19.1. The number of pyridine rings is 1. The van der Waals surface area contributed by atoms with Crippen molar-refractivity contribution in [3.05, 3.63) is 30.0 Å². The second kappa shape index (κ2) is 6.09. The quantitative estimate of drug-likeness (QED) is 0.928. The number of piperidine rings is 1. The molecule has 3 rings (SSSR count). The molecule has 2 aromatic rings. The Bertz CT molecular complexity index is 549. The summed E-state index contributed by atoms with van der Waals surface area (Å²) in [5, 5.41) is 7.38. The maximum atomic E-state index is 12.8. The molecule has 0 amide bonds. The Labute approximate surface area is 116 Å². The van der Waals surface area contributed by atoms with Crippen LogP contribution in [0.25, 0.3) is 11.5 Å². The van der Waals surface area contributed by atoms with Crippen molar-refractivity contribution in [3.63, 3.8) is 0 Å². The minimum absolute atomic E-state index is 0.374. The fraction of sp³-hybridized carbons (Fsp3) is 0.500. The molecule has 6 heteroatoms. The molecule has 3 heterocycles. The molecule has 0 radical (unpaired) electrons. The standard InChI is InChI=1S/C14H17FN4O/c15-10-4-6-12(17-9-10)14-18-13(20-19-14)7-5-11-3-1-2-8-16-11/h4,6,9,11,16H,1-3,5,7-8H2. The molecule has 1 fully saturated rings. The molecule has 1 unspecified atom stereocenters. The third kappa shape index (κ3) is 3.19. The van der Waals surface area contributed by atoms with Gasteiger partial charge in [-0.05, 0) is 37.9 Å². The van der Waals surface area contributed by atoms with Crippen LogP contribution in [0.15, 0.2) is 22.9 Å². The molecule has 0 spiro atoms. The summed E-state index contributed by atoms with van der Waals surface area (Å²) in [5.74, 6) is 0.649. The summed E-state index contributed by atoms with van der Waals surface area (Å²) in [6.45, 7) is 1.10. The van der Waals surface area contributed by atoms with E-state index in [1.165, 1.54) is 25.3 Å². The van der Waals surface area contributed by atoms with E-state index in [2.05, 4.69) is 20.4 Å². The highest BCUT2D eigenvalue weighted by Crippen LogP contribution is 2.16. The first-order chi connectivity index (χ1) is 9.81. The molecule has 0 bridgehead atoms. The number of rotatable bonds is 4. The van der Waals surface area contributed by atoms with Gasteiger partial charge in [-0.3, -0.25) is 0 Å². The lowest BCUT2D eigenvalue weighted by Crippen LogP contribution is -2.34. The molecule has 1 atom stereocenters. The number of aryl methyl sites for hydroxylation is 1. The van der Waals surface area contributed by atoms with E-state index in [-0.39, 0.29) is 5.82 Å². The Morgan fingerprint density at radius 1 is 1.35 bits per heavy atom. The zero-order chi connectivity index (χ0) is 13.8. The van der Waals surface area contributed by atoms with E-state index in [1.807, 2.05) is 0 Å². The SMILES string of the molecule is Fc1ccc(-c2noc(CCC3CCCCN3)n2)nc1. The van der Waals surface area contributed by atoms with Gasteiger partial charge in [0.15, 0.2) is 0 Å². The maximum absolute atomic E-state index is 12.8. The molecule has 1 aliphatic heterocycles. The van der Waals surface area contributed by atoms with Gasteiger partial charge in [0.05, 0.1) is 6.20 Å². The van der Waals surface area contributed by atoms with Crippen LogP contribution in [0.1, 0.15) is 31.6 Å². The van der Waals surface area contributed by atoms with Gasteiger partial charge >= 0.3 is 0 Å². The first kappa shape index (κ1) is 13.2. The molecule has 1 N–H and O–H groups in total. The van der Waals surface area contributed by atoms with Crippen LogP contribution >= 0.6 is 0 Å². The van der Waals surface area contributed by atoms with E-state index in [0.717, 1.165) is 25.6 Å². The third-order valence-electron chi connectivity index (χ3n) is 3.54. The van der Waals surface area contributed by atoms with Crippen LogP contribution in [0.3, 0.4) is 0 Å². The highest BCUT2D eigenvalue weighted by Gasteiger charge is 2.15. The van der Waals surface area contributed by atoms with Crippen LogP contribution in [0.5, 0.6) is 0 Å². The maximum Gasteiger partial charge on any atom is 0.227 e. The average Bonchev–Trinajstić information content (AvgIpc) is 2.96. The van der Waals surface area contributed by atoms with Crippen LogP contribution in [0.2, 0.25) is 0 Å². The lowest BCUT2D eigenvalue weighted by molar-refractivity contribution is 0.342. The van der Waals surface area contributed by atoms with E-state index in [9.17, 15) is 4.39 Å². The molecule has 1 saturated heterocycles. The molecule has 20 heavy (non-hydrogen) atoms. The van der Waals surface area contributed by atoms with Crippen LogP contribution < -0.4 is 5.32 Å². The molecule has 106 valence electrons. The van der Waals surface area contributed by atoms with Gasteiger partial charge in [-0.15, -0.1) is 0 Å². The summed E-state index contributed by atoms with van der Waals surface area (Å²) >= 11 is 0. The smallest absolute Gasteiger partial charge is 0.227 e. The van der Waals surface area contributed by atoms with E-state index in [1.54, 1.807) is 6.07 Å². The number of aromatic nitrogens is 3. The Kier molecular flexibility index (Phi) is 4.01. The minimum Gasteiger partial charge on any atom is -0.339 e. The van der Waals surface area contributed by atoms with Crippen molar-refractivity contribution in [1.29, 1.82) is 0 Å². The van der Waals surface area contributed by atoms with Crippen LogP contribution in [0.4, 0.5) is 4.39 Å². The van der Waals surface area contributed by atoms with E-state index in [0.29, 0.717) is 23.5 Å². The third-order valence-corrected chi connectivity index (χ3v) is 3.54. The van der Waals surface area contributed by atoms with Crippen molar-refractivity contribution in [2.75, 3.05) is 6.54 Å². The Balaban J connectivity index is 1.60. The fourth-order valence-electron chi connectivity index (χ4n) is 2.44. The number of hydrogen-bond donors (Lipinski definition) is 1. The van der Waals surface area contributed by atoms with Crippen molar-refractivity contribution in [2.45, 2.75) is 38.1 Å². The van der Waals surface area contributed by atoms with Gasteiger partial charge in [0.25, 0.3) is 0 Å². The molecular weight excluding hydrogens is 259 g/mol. The van der Waals surface area contributed by atoms with Crippen LogP contribution in [-0.4, -0.2) is 27.7 Å². The summed E-state index contributed by atoms with van der Waals surface area (Å²) in [6, 6.07) is 3.43. The van der Waals surface area contributed by atoms with Crippen LogP contribution in [-0.2, 0) is 6.42 Å². The van der Waals surface area contributed by atoms with Crippen molar-refractivity contribution < 1.29 is 8.91 Å². The summed E-state index contributed by atoms with van der Waals surface area (Å²) in [5.41, 5.74) is 0.525. The first-order valence-corrected chi connectivity index (χ1v) is 6.99. The summed E-state index contributed by atoms with van der Waals surface area (Å²) in [4.78, 5) is 8.24. The van der Waals surface area contributed by atoms with Gasteiger partial charge in [0.2, 0.25) is 11.7 Å². The lowest BCUT2D eigenvalue weighted by Gasteiger charge is -2.22. The number of hydrogen-bond acceptors (Lipinski definition) is 5. The van der Waals surface area contributed by atoms with Crippen molar-refractivity contribution >= 4 is 0 Å². The molecular formula is C14H17FN4O. The number of halogens is 1. The summed E-state index contributed by atoms with van der Waals surface area (Å²) in [7, 11) is 0. The second-order valence-corrected chi connectivity index (χ2v) is 5.06. The van der Waals surface area contributed by atoms with Crippen molar-refractivity contribution in [1.82, 2.24) is 20.4 Å². The Morgan fingerprint density at radius 2 is 2.30 bits per heavy atom. The second-order valence-electron chi connectivity index (χ2n) is 5.06. The summed E-state index contributed by atoms with van der Waals surface area (Å²) < 4.78 is 18.0. The van der Waals surface area contributed by atoms with Crippen LogP contribution in [0, 0.1) is 5.82 Å². The normalized spacial score (nSPS) is 19.1. The van der Waals surface area contributed by atoms with Gasteiger partial charge in [0, 0.05) is 12.5 Å². The first-order valence-electron chi connectivity index (χ1n) is 6.99. The predicted molar refractivity (Wildman–Crippen MR) is 71.4 cm³/mol. The van der Waals surface area contributed by atoms with Crippen molar-refractivity contribution in [3.8, 4) is 11.5 Å². The van der Waals surface area contributed by atoms with Gasteiger partial charge in [-0.2, -0.15) is 4.98 Å². The lowest BCUT2D eigenvalue weighted by atomic mass is 10.0. The topological polar surface area (TPSA) is 63.8 Å². The number of nitrogens with zero attached hydrogens (tertiary/aromatic N) is 3. The zero-order valence-corrected chi connectivity index (χ0v) is 11.2. The Hall–Kier alpha value is -1.82. The predicted octanol–water partition coefficient (Wildman–Crippen LogP) is 2.35. The monoisotopic (exact) mass is 276 g/mol. The number of nitrogens with one attached hydrogen (secondary N) is 1. The molecule has 1 aliphatic rings. The highest BCUT2D eigenvalue weighted by molar-refractivity contribution is 5.47. The van der Waals surface area contributed by atoms with E-state index >= 15 is 0 Å². The fourth-order valence-corrected chi connectivity index (χ4v) is 2.44. The Morgan fingerprint density at radius 3 is 3.05 bits per heavy atom. The van der Waals surface area contributed by atoms with Gasteiger partial charge < -0.3 is 9.84 Å². The van der Waals surface area contributed by atoms with E-state index in [4.69, 9.17) is 4.52 Å². The molecule has 0 aliphatic carbocycles. The largest absolute Gasteiger partial charge is 0.339 e.